The molecule has 0 unspecified atom stereocenters. The van der Waals surface area contributed by atoms with Gasteiger partial charge in [0.15, 0.2) is 0 Å². The molecule has 1 aliphatic rings. The molecule has 0 atom stereocenters. The van der Waals surface area contributed by atoms with E-state index in [9.17, 15) is 14.7 Å². The third kappa shape index (κ3) is 3.83. The largest absolute Gasteiger partial charge is 0.508 e. The molecule has 142 valence electrons. The highest BCUT2D eigenvalue weighted by Gasteiger charge is 2.21. The second-order valence-electron chi connectivity index (χ2n) is 7.11. The van der Waals surface area contributed by atoms with Gasteiger partial charge < -0.3 is 15.3 Å². The van der Waals surface area contributed by atoms with E-state index >= 15 is 0 Å². The molecule has 0 saturated heterocycles. The van der Waals surface area contributed by atoms with Crippen LogP contribution >= 0.6 is 0 Å². The normalized spacial score (nSPS) is 13.2. The molecule has 28 heavy (non-hydrogen) atoms. The lowest BCUT2D eigenvalue weighted by atomic mass is 9.99. The van der Waals surface area contributed by atoms with Crippen LogP contribution < -0.4 is 5.32 Å². The van der Waals surface area contributed by atoms with Gasteiger partial charge in [0, 0.05) is 13.1 Å². The van der Waals surface area contributed by atoms with Gasteiger partial charge in [0.05, 0.1) is 13.0 Å². The molecule has 0 spiro atoms. The van der Waals surface area contributed by atoms with Gasteiger partial charge >= 0.3 is 0 Å². The van der Waals surface area contributed by atoms with Crippen LogP contribution in [0.1, 0.15) is 16.7 Å². The number of fused-ring (bicyclic) bond motifs is 2. The van der Waals surface area contributed by atoms with Gasteiger partial charge in [-0.15, -0.1) is 0 Å². The van der Waals surface area contributed by atoms with Crippen LogP contribution in [0.3, 0.4) is 0 Å². The summed E-state index contributed by atoms with van der Waals surface area (Å²) in [6.07, 6.45) is 0.997. The summed E-state index contributed by atoms with van der Waals surface area (Å²) in [5.74, 6) is -0.0727. The maximum Gasteiger partial charge on any atom is 0.242 e. The lowest BCUT2D eigenvalue weighted by molar-refractivity contribution is -0.133. The van der Waals surface area contributed by atoms with Gasteiger partial charge in [-0.1, -0.05) is 48.5 Å². The Morgan fingerprint density at radius 3 is 2.71 bits per heavy atom. The van der Waals surface area contributed by atoms with Crippen molar-refractivity contribution in [2.45, 2.75) is 19.4 Å². The van der Waals surface area contributed by atoms with Crippen molar-refractivity contribution >= 4 is 22.6 Å². The van der Waals surface area contributed by atoms with Gasteiger partial charge in [0.2, 0.25) is 11.8 Å². The number of hydrogen-bond donors (Lipinski definition) is 2. The second kappa shape index (κ2) is 7.72. The molecule has 0 radical (unpaired) electrons. The van der Waals surface area contributed by atoms with Gasteiger partial charge in [-0.05, 0) is 46.0 Å². The van der Waals surface area contributed by atoms with Gasteiger partial charge in [-0.25, -0.2) is 0 Å². The summed E-state index contributed by atoms with van der Waals surface area (Å²) < 4.78 is 0. The number of rotatable bonds is 4. The Morgan fingerprint density at radius 2 is 1.82 bits per heavy atom. The number of hydrogen-bond acceptors (Lipinski definition) is 3. The second-order valence-corrected chi connectivity index (χ2v) is 7.11. The first-order valence-corrected chi connectivity index (χ1v) is 9.42. The predicted molar refractivity (Wildman–Crippen MR) is 108 cm³/mol. The minimum atomic E-state index is -0.167. The first-order valence-electron chi connectivity index (χ1n) is 9.42. The van der Waals surface area contributed by atoms with Crippen LogP contribution in [0.15, 0.2) is 60.7 Å². The molecule has 0 aromatic heterocycles. The van der Waals surface area contributed by atoms with E-state index in [1.165, 1.54) is 0 Å². The molecular weight excluding hydrogens is 352 g/mol. The fraction of sp³-hybridized carbons (Fsp3) is 0.217. The molecule has 3 aromatic carbocycles. The summed E-state index contributed by atoms with van der Waals surface area (Å²) in [4.78, 5) is 26.6. The van der Waals surface area contributed by atoms with Crippen molar-refractivity contribution in [1.29, 1.82) is 0 Å². The highest BCUT2D eigenvalue weighted by molar-refractivity contribution is 5.91. The number of aromatic hydroxyl groups is 1. The van der Waals surface area contributed by atoms with Crippen LogP contribution in [0, 0.1) is 0 Å². The van der Waals surface area contributed by atoms with Crippen LogP contribution in [-0.2, 0) is 29.0 Å². The summed E-state index contributed by atoms with van der Waals surface area (Å²) in [6.45, 7) is 1.06. The number of benzene rings is 3. The molecule has 1 aliphatic heterocycles. The molecule has 0 fully saturated rings. The van der Waals surface area contributed by atoms with Crippen molar-refractivity contribution in [3.8, 4) is 5.75 Å². The van der Waals surface area contributed by atoms with Crippen LogP contribution in [0.25, 0.3) is 10.8 Å². The van der Waals surface area contributed by atoms with Gasteiger partial charge in [-0.3, -0.25) is 9.59 Å². The van der Waals surface area contributed by atoms with Gasteiger partial charge in [0.25, 0.3) is 0 Å². The standard InChI is InChI=1S/C23H22N2O3/c26-20-9-8-16-10-11-25(15-19(16)12-20)23(28)14-24-22(27)13-18-6-3-5-17-4-1-2-7-21(17)18/h1-9,12,26H,10-11,13-15H2,(H,24,27). The molecule has 1 heterocycles. The van der Waals surface area contributed by atoms with Crippen molar-refractivity contribution in [2.75, 3.05) is 13.1 Å². The molecule has 0 bridgehead atoms. The number of nitrogens with one attached hydrogen (secondary N) is 1. The fourth-order valence-corrected chi connectivity index (χ4v) is 3.72. The van der Waals surface area contributed by atoms with Crippen molar-refractivity contribution < 1.29 is 14.7 Å². The number of amides is 2. The van der Waals surface area contributed by atoms with Gasteiger partial charge in [-0.2, -0.15) is 0 Å². The van der Waals surface area contributed by atoms with Crippen molar-refractivity contribution in [3.05, 3.63) is 77.4 Å². The number of phenols is 1. The van der Waals surface area contributed by atoms with Crippen molar-refractivity contribution in [1.82, 2.24) is 10.2 Å². The number of nitrogens with zero attached hydrogens (tertiary/aromatic N) is 1. The van der Waals surface area contributed by atoms with E-state index in [1.807, 2.05) is 48.5 Å². The van der Waals surface area contributed by atoms with E-state index in [0.717, 1.165) is 33.9 Å². The topological polar surface area (TPSA) is 69.6 Å². The van der Waals surface area contributed by atoms with Crippen LogP contribution in [0.4, 0.5) is 0 Å². The Balaban J connectivity index is 1.35. The maximum atomic E-state index is 12.5. The molecule has 2 N–H and O–H groups in total. The average molecular weight is 374 g/mol. The van der Waals surface area contributed by atoms with Crippen molar-refractivity contribution in [3.63, 3.8) is 0 Å². The quantitative estimate of drug-likeness (QED) is 0.738. The minimum absolute atomic E-state index is 0.0161. The summed E-state index contributed by atoms with van der Waals surface area (Å²) in [7, 11) is 0. The summed E-state index contributed by atoms with van der Waals surface area (Å²) in [5, 5.41) is 14.5. The molecule has 0 aliphatic carbocycles. The average Bonchev–Trinajstić information content (AvgIpc) is 2.71. The molecule has 2 amide bonds. The zero-order valence-electron chi connectivity index (χ0n) is 15.5. The lowest BCUT2D eigenvalue weighted by Gasteiger charge is -2.29. The summed E-state index contributed by atoms with van der Waals surface area (Å²) >= 11 is 0. The summed E-state index contributed by atoms with van der Waals surface area (Å²) in [6, 6.07) is 19.1. The monoisotopic (exact) mass is 374 g/mol. The zero-order chi connectivity index (χ0) is 19.5. The Hall–Kier alpha value is -3.34. The molecule has 4 rings (SSSR count). The smallest absolute Gasteiger partial charge is 0.242 e. The first kappa shape index (κ1) is 18.0. The third-order valence-corrected chi connectivity index (χ3v) is 5.22. The van der Waals surface area contributed by atoms with E-state index in [4.69, 9.17) is 0 Å². The Morgan fingerprint density at radius 1 is 1.00 bits per heavy atom. The van der Waals surface area contributed by atoms with Crippen LogP contribution in [0.5, 0.6) is 5.75 Å². The van der Waals surface area contributed by atoms with Crippen LogP contribution in [0.2, 0.25) is 0 Å². The minimum Gasteiger partial charge on any atom is -0.508 e. The Labute approximate surface area is 163 Å². The predicted octanol–water partition coefficient (Wildman–Crippen LogP) is 2.79. The Kier molecular flexibility index (Phi) is 4.98. The molecular formula is C23H22N2O3. The maximum absolute atomic E-state index is 12.5. The van der Waals surface area contributed by atoms with Crippen molar-refractivity contribution in [2.24, 2.45) is 0 Å². The van der Waals surface area contributed by atoms with E-state index in [0.29, 0.717) is 13.1 Å². The van der Waals surface area contributed by atoms with Gasteiger partial charge in [0.1, 0.15) is 5.75 Å². The first-order chi connectivity index (χ1) is 13.6. The van der Waals surface area contributed by atoms with E-state index < -0.39 is 0 Å². The number of carbonyl (C=O) groups is 2. The van der Waals surface area contributed by atoms with Crippen LogP contribution in [-0.4, -0.2) is 34.9 Å². The number of carbonyl (C=O) groups excluding carboxylic acids is 2. The lowest BCUT2D eigenvalue weighted by Crippen LogP contribution is -2.42. The third-order valence-electron chi connectivity index (χ3n) is 5.22. The summed E-state index contributed by atoms with van der Waals surface area (Å²) in [5.41, 5.74) is 3.06. The molecule has 3 aromatic rings. The highest BCUT2D eigenvalue weighted by Crippen LogP contribution is 2.23. The SMILES string of the molecule is O=C(Cc1cccc2ccccc12)NCC(=O)N1CCc2ccc(O)cc2C1. The molecule has 5 nitrogen and oxygen atoms in total. The Bertz CT molecular complexity index is 1040. The van der Waals surface area contributed by atoms with E-state index in [1.54, 1.807) is 17.0 Å². The highest BCUT2D eigenvalue weighted by atomic mass is 16.3. The number of phenolic OH excluding ortho intramolecular Hbond substituents is 1. The zero-order valence-corrected chi connectivity index (χ0v) is 15.5. The van der Waals surface area contributed by atoms with E-state index in [-0.39, 0.29) is 30.5 Å². The molecule has 5 heteroatoms. The van der Waals surface area contributed by atoms with E-state index in [2.05, 4.69) is 5.32 Å². The fourth-order valence-electron chi connectivity index (χ4n) is 3.72. The molecule has 0 saturated carbocycles.